The highest BCUT2D eigenvalue weighted by Crippen LogP contribution is 2.08. The van der Waals surface area contributed by atoms with Gasteiger partial charge in [-0.05, 0) is 14.0 Å². The minimum atomic E-state index is -0.625. The number of piperazine rings is 1. The highest BCUT2D eigenvalue weighted by atomic mass is 16.3. The van der Waals surface area contributed by atoms with Crippen molar-refractivity contribution < 1.29 is 5.11 Å². The van der Waals surface area contributed by atoms with E-state index in [0.717, 1.165) is 32.7 Å². The lowest BCUT2D eigenvalue weighted by Crippen LogP contribution is -2.53. The minimum absolute atomic E-state index is 0.430. The van der Waals surface area contributed by atoms with Crippen molar-refractivity contribution >= 4 is 0 Å². The van der Waals surface area contributed by atoms with E-state index in [-0.39, 0.29) is 0 Å². The molecule has 0 aromatic carbocycles. The third kappa shape index (κ3) is 5.25. The first-order valence-corrected chi connectivity index (χ1v) is 6.26. The molecule has 0 aromatic heterocycles. The number of aliphatic hydroxyl groups is 1. The van der Waals surface area contributed by atoms with Gasteiger partial charge >= 0.3 is 0 Å². The molecule has 0 aromatic rings. The topological polar surface area (TPSA) is 38.7 Å². The van der Waals surface area contributed by atoms with Gasteiger partial charge in [-0.15, -0.1) is 0 Å². The van der Waals surface area contributed by atoms with E-state index in [1.165, 1.54) is 0 Å². The van der Waals surface area contributed by atoms with Crippen molar-refractivity contribution in [2.24, 2.45) is 0 Å². The fourth-order valence-electron chi connectivity index (χ4n) is 1.97. The molecule has 1 fully saturated rings. The Hall–Kier alpha value is -0.160. The lowest BCUT2D eigenvalue weighted by molar-refractivity contribution is 0.00616. The van der Waals surface area contributed by atoms with Gasteiger partial charge in [0.25, 0.3) is 0 Å². The summed E-state index contributed by atoms with van der Waals surface area (Å²) in [6.07, 6.45) is 0. The van der Waals surface area contributed by atoms with Gasteiger partial charge < -0.3 is 15.3 Å². The van der Waals surface area contributed by atoms with Crippen LogP contribution in [0.5, 0.6) is 0 Å². The second kappa shape index (κ2) is 5.96. The molecule has 4 nitrogen and oxygen atoms in total. The van der Waals surface area contributed by atoms with Gasteiger partial charge in [0.1, 0.15) is 0 Å². The third-order valence-electron chi connectivity index (χ3n) is 3.05. The van der Waals surface area contributed by atoms with Crippen LogP contribution in [0.1, 0.15) is 20.8 Å². The molecule has 96 valence electrons. The third-order valence-corrected chi connectivity index (χ3v) is 3.05. The van der Waals surface area contributed by atoms with Gasteiger partial charge in [-0.1, -0.05) is 13.8 Å². The maximum absolute atomic E-state index is 10.3. The van der Waals surface area contributed by atoms with E-state index in [1.807, 2.05) is 6.92 Å². The average molecular weight is 229 g/mol. The van der Waals surface area contributed by atoms with Crippen molar-refractivity contribution in [3.8, 4) is 0 Å². The Morgan fingerprint density at radius 3 is 2.31 bits per heavy atom. The highest BCUT2D eigenvalue weighted by molar-refractivity contribution is 4.82. The van der Waals surface area contributed by atoms with Gasteiger partial charge in [0.2, 0.25) is 0 Å². The number of nitrogens with one attached hydrogen (secondary N) is 1. The Bertz CT molecular complexity index is 198. The Morgan fingerprint density at radius 1 is 1.25 bits per heavy atom. The largest absolute Gasteiger partial charge is 0.388 e. The molecule has 1 rings (SSSR count). The highest BCUT2D eigenvalue weighted by Gasteiger charge is 2.25. The molecule has 2 N–H and O–H groups in total. The summed E-state index contributed by atoms with van der Waals surface area (Å²) in [5, 5.41) is 13.6. The molecule has 0 bridgehead atoms. The monoisotopic (exact) mass is 229 g/mol. The van der Waals surface area contributed by atoms with Crippen LogP contribution in [-0.2, 0) is 0 Å². The standard InChI is InChI=1S/C12H27N3O/c1-11(2)13-9-12(3,16)10-15-7-5-14(4)6-8-15/h11,13,16H,5-10H2,1-4H3. The van der Waals surface area contributed by atoms with Crippen LogP contribution >= 0.6 is 0 Å². The molecule has 0 radical (unpaired) electrons. The van der Waals surface area contributed by atoms with E-state index in [0.29, 0.717) is 12.6 Å². The molecule has 1 heterocycles. The predicted octanol–water partition coefficient (Wildman–Crippen LogP) is -0.0172. The lowest BCUT2D eigenvalue weighted by Gasteiger charge is -2.37. The van der Waals surface area contributed by atoms with Crippen LogP contribution < -0.4 is 5.32 Å². The summed E-state index contributed by atoms with van der Waals surface area (Å²) in [6.45, 7) is 11.9. The lowest BCUT2D eigenvalue weighted by atomic mass is 10.1. The van der Waals surface area contributed by atoms with Crippen LogP contribution in [0.4, 0.5) is 0 Å². The first-order valence-electron chi connectivity index (χ1n) is 6.26. The van der Waals surface area contributed by atoms with Crippen LogP contribution in [0.25, 0.3) is 0 Å². The van der Waals surface area contributed by atoms with Crippen molar-refractivity contribution in [2.75, 3.05) is 46.3 Å². The van der Waals surface area contributed by atoms with E-state index in [1.54, 1.807) is 0 Å². The fourth-order valence-corrected chi connectivity index (χ4v) is 1.97. The summed E-state index contributed by atoms with van der Waals surface area (Å²) in [7, 11) is 2.15. The SMILES string of the molecule is CC(C)NCC(C)(O)CN1CCN(C)CC1. The predicted molar refractivity (Wildman–Crippen MR) is 67.7 cm³/mol. The summed E-state index contributed by atoms with van der Waals surface area (Å²) in [4.78, 5) is 4.68. The second-order valence-electron chi connectivity index (χ2n) is 5.61. The Balaban J connectivity index is 2.28. The van der Waals surface area contributed by atoms with Gasteiger partial charge in [-0.2, -0.15) is 0 Å². The molecule has 1 unspecified atom stereocenters. The van der Waals surface area contributed by atoms with Gasteiger partial charge in [-0.3, -0.25) is 4.90 Å². The second-order valence-corrected chi connectivity index (χ2v) is 5.61. The zero-order valence-electron chi connectivity index (χ0n) is 11.2. The van der Waals surface area contributed by atoms with Gasteiger partial charge in [0.15, 0.2) is 0 Å². The molecule has 0 amide bonds. The van der Waals surface area contributed by atoms with E-state index in [2.05, 4.69) is 36.0 Å². The number of likely N-dealkylation sites (N-methyl/N-ethyl adjacent to an activating group) is 1. The van der Waals surface area contributed by atoms with E-state index >= 15 is 0 Å². The quantitative estimate of drug-likeness (QED) is 0.695. The zero-order chi connectivity index (χ0) is 12.2. The molecule has 1 saturated heterocycles. The Kier molecular flexibility index (Phi) is 5.18. The summed E-state index contributed by atoms with van der Waals surface area (Å²) in [5.74, 6) is 0. The molecule has 1 aliphatic rings. The van der Waals surface area contributed by atoms with Crippen molar-refractivity contribution in [1.29, 1.82) is 0 Å². The number of nitrogens with zero attached hydrogens (tertiary/aromatic N) is 2. The summed E-state index contributed by atoms with van der Waals surface area (Å²) in [6, 6.07) is 0.430. The van der Waals surface area contributed by atoms with Crippen LogP contribution in [0.15, 0.2) is 0 Å². The number of hydrogen-bond donors (Lipinski definition) is 2. The maximum atomic E-state index is 10.3. The van der Waals surface area contributed by atoms with E-state index in [4.69, 9.17) is 0 Å². The van der Waals surface area contributed by atoms with Crippen molar-refractivity contribution in [3.63, 3.8) is 0 Å². The molecule has 0 saturated carbocycles. The normalized spacial score (nSPS) is 23.6. The fraction of sp³-hybridized carbons (Fsp3) is 1.00. The molecular formula is C12H27N3O. The minimum Gasteiger partial charge on any atom is -0.388 e. The Morgan fingerprint density at radius 2 is 1.81 bits per heavy atom. The number of rotatable bonds is 5. The molecular weight excluding hydrogens is 202 g/mol. The first-order chi connectivity index (χ1) is 7.39. The van der Waals surface area contributed by atoms with Crippen LogP contribution in [0, 0.1) is 0 Å². The molecule has 0 aliphatic carbocycles. The molecule has 1 aliphatic heterocycles. The van der Waals surface area contributed by atoms with Crippen molar-refractivity contribution in [2.45, 2.75) is 32.4 Å². The number of hydrogen-bond acceptors (Lipinski definition) is 4. The summed E-state index contributed by atoms with van der Waals surface area (Å²) >= 11 is 0. The average Bonchev–Trinajstić information content (AvgIpc) is 2.19. The van der Waals surface area contributed by atoms with Gasteiger partial charge in [-0.25, -0.2) is 0 Å². The van der Waals surface area contributed by atoms with Crippen LogP contribution in [0.2, 0.25) is 0 Å². The first kappa shape index (κ1) is 13.9. The summed E-state index contributed by atoms with van der Waals surface area (Å²) in [5.41, 5.74) is -0.625. The van der Waals surface area contributed by atoms with E-state index in [9.17, 15) is 5.11 Å². The smallest absolute Gasteiger partial charge is 0.0869 e. The van der Waals surface area contributed by atoms with Crippen molar-refractivity contribution in [3.05, 3.63) is 0 Å². The molecule has 0 spiro atoms. The van der Waals surface area contributed by atoms with Crippen LogP contribution in [0.3, 0.4) is 0 Å². The molecule has 16 heavy (non-hydrogen) atoms. The molecule has 4 heteroatoms. The van der Waals surface area contributed by atoms with Crippen LogP contribution in [-0.4, -0.2) is 72.9 Å². The molecule has 1 atom stereocenters. The van der Waals surface area contributed by atoms with Gasteiger partial charge in [0, 0.05) is 45.3 Å². The van der Waals surface area contributed by atoms with E-state index < -0.39 is 5.60 Å². The maximum Gasteiger partial charge on any atom is 0.0869 e. The Labute approximate surface area is 99.6 Å². The number of β-amino-alcohol motifs (C(OH)–C–C–N with tert-alkyl or cyclic N) is 1. The summed E-state index contributed by atoms with van der Waals surface area (Å²) < 4.78 is 0. The zero-order valence-corrected chi connectivity index (χ0v) is 11.2. The van der Waals surface area contributed by atoms with Crippen molar-refractivity contribution in [1.82, 2.24) is 15.1 Å². The van der Waals surface area contributed by atoms with Gasteiger partial charge in [0.05, 0.1) is 5.60 Å².